The van der Waals surface area contributed by atoms with Crippen LogP contribution >= 0.6 is 0 Å². The van der Waals surface area contributed by atoms with Crippen LogP contribution in [0, 0.1) is 0 Å². The van der Waals surface area contributed by atoms with Crippen LogP contribution in [-0.4, -0.2) is 24.4 Å². The first kappa shape index (κ1) is 8.38. The Labute approximate surface area is 78.0 Å². The highest BCUT2D eigenvalue weighted by Gasteiger charge is 2.18. The summed E-state index contributed by atoms with van der Waals surface area (Å²) in [5.41, 5.74) is 2.34. The van der Waals surface area contributed by atoms with Crippen molar-refractivity contribution in [2.24, 2.45) is 0 Å². The monoisotopic (exact) mass is 178 g/mol. The minimum Gasteiger partial charge on any atom is -0.392 e. The van der Waals surface area contributed by atoms with E-state index in [1.54, 1.807) is 6.92 Å². The van der Waals surface area contributed by atoms with Crippen LogP contribution in [0.2, 0.25) is 0 Å². The topological polar surface area (TPSA) is 35.5 Å². The maximum atomic E-state index is 9.27. The van der Waals surface area contributed by atoms with Gasteiger partial charge in [0, 0.05) is 6.54 Å². The molecule has 0 aromatic heterocycles. The van der Waals surface area contributed by atoms with Gasteiger partial charge < -0.3 is 15.3 Å². The van der Waals surface area contributed by atoms with Gasteiger partial charge in [-0.05, 0) is 19.1 Å². The standard InChI is InChI=1S/C10H14N2O/c1-8(13)6-12-7-11-9-4-2-3-5-10(9)12/h2-5,8,11,13H,6-7H2,1H3/t8-/m0/s1. The lowest BCUT2D eigenvalue weighted by molar-refractivity contribution is 0.201. The summed E-state index contributed by atoms with van der Waals surface area (Å²) in [5.74, 6) is 0. The number of aliphatic hydroxyl groups excluding tert-OH is 1. The van der Waals surface area contributed by atoms with Crippen molar-refractivity contribution in [2.75, 3.05) is 23.4 Å². The van der Waals surface area contributed by atoms with E-state index in [-0.39, 0.29) is 6.10 Å². The Hall–Kier alpha value is -1.22. The zero-order valence-electron chi connectivity index (χ0n) is 7.70. The second kappa shape index (κ2) is 3.26. The molecule has 3 heteroatoms. The number of benzene rings is 1. The average molecular weight is 178 g/mol. The predicted octanol–water partition coefficient (Wildman–Crippen LogP) is 1.26. The van der Waals surface area contributed by atoms with E-state index in [1.807, 2.05) is 12.1 Å². The molecule has 1 atom stereocenters. The summed E-state index contributed by atoms with van der Waals surface area (Å²) in [6.45, 7) is 3.29. The summed E-state index contributed by atoms with van der Waals surface area (Å²) in [7, 11) is 0. The predicted molar refractivity (Wildman–Crippen MR) is 54.0 cm³/mol. The normalized spacial score (nSPS) is 16.6. The largest absolute Gasteiger partial charge is 0.392 e. The van der Waals surface area contributed by atoms with Crippen LogP contribution in [-0.2, 0) is 0 Å². The van der Waals surface area contributed by atoms with Crippen molar-refractivity contribution in [1.29, 1.82) is 0 Å². The maximum absolute atomic E-state index is 9.27. The summed E-state index contributed by atoms with van der Waals surface area (Å²) in [6.07, 6.45) is -0.284. The van der Waals surface area contributed by atoms with Gasteiger partial charge in [-0.3, -0.25) is 0 Å². The molecule has 1 aromatic rings. The summed E-state index contributed by atoms with van der Waals surface area (Å²) in [6, 6.07) is 8.15. The van der Waals surface area contributed by atoms with Crippen molar-refractivity contribution in [2.45, 2.75) is 13.0 Å². The van der Waals surface area contributed by atoms with Crippen molar-refractivity contribution in [1.82, 2.24) is 0 Å². The number of anilines is 2. The fourth-order valence-corrected chi connectivity index (χ4v) is 1.65. The molecule has 0 saturated carbocycles. The van der Waals surface area contributed by atoms with Crippen LogP contribution in [0.5, 0.6) is 0 Å². The Balaban J connectivity index is 2.18. The van der Waals surface area contributed by atoms with Gasteiger partial charge in [-0.15, -0.1) is 0 Å². The minimum atomic E-state index is -0.284. The van der Waals surface area contributed by atoms with Gasteiger partial charge in [0.1, 0.15) is 0 Å². The molecule has 0 unspecified atom stereocenters. The van der Waals surface area contributed by atoms with E-state index < -0.39 is 0 Å². The molecule has 0 saturated heterocycles. The first-order valence-corrected chi connectivity index (χ1v) is 4.53. The highest BCUT2D eigenvalue weighted by atomic mass is 16.3. The van der Waals surface area contributed by atoms with Crippen molar-refractivity contribution in [3.63, 3.8) is 0 Å². The molecule has 0 aliphatic carbocycles. The van der Waals surface area contributed by atoms with Crippen LogP contribution in [0.4, 0.5) is 11.4 Å². The number of para-hydroxylation sites is 2. The first-order chi connectivity index (χ1) is 6.27. The summed E-state index contributed by atoms with van der Waals surface area (Å²) >= 11 is 0. The lowest BCUT2D eigenvalue weighted by Gasteiger charge is -2.19. The molecule has 0 spiro atoms. The fourth-order valence-electron chi connectivity index (χ4n) is 1.65. The molecule has 0 bridgehead atoms. The number of β-amino-alcohol motifs (C(OH)–C–C–N with tert-alkyl or cyclic N) is 1. The molecular weight excluding hydrogens is 164 g/mol. The molecule has 2 rings (SSSR count). The quantitative estimate of drug-likeness (QED) is 0.715. The molecule has 0 fully saturated rings. The number of aliphatic hydroxyl groups is 1. The Morgan fingerprint density at radius 1 is 1.54 bits per heavy atom. The van der Waals surface area contributed by atoms with E-state index in [0.29, 0.717) is 6.54 Å². The second-order valence-corrected chi connectivity index (χ2v) is 3.42. The van der Waals surface area contributed by atoms with Gasteiger partial charge in [0.25, 0.3) is 0 Å². The number of fused-ring (bicyclic) bond motifs is 1. The molecule has 13 heavy (non-hydrogen) atoms. The maximum Gasteiger partial charge on any atom is 0.0878 e. The molecule has 2 N–H and O–H groups in total. The molecule has 3 nitrogen and oxygen atoms in total. The smallest absolute Gasteiger partial charge is 0.0878 e. The Morgan fingerprint density at radius 2 is 2.31 bits per heavy atom. The Kier molecular flexibility index (Phi) is 2.10. The van der Waals surface area contributed by atoms with Gasteiger partial charge in [0.05, 0.1) is 24.1 Å². The summed E-state index contributed by atoms with van der Waals surface area (Å²) in [4.78, 5) is 2.14. The van der Waals surface area contributed by atoms with E-state index in [0.717, 1.165) is 12.4 Å². The second-order valence-electron chi connectivity index (χ2n) is 3.42. The van der Waals surface area contributed by atoms with Crippen LogP contribution in [0.15, 0.2) is 24.3 Å². The van der Waals surface area contributed by atoms with E-state index in [4.69, 9.17) is 0 Å². The van der Waals surface area contributed by atoms with E-state index >= 15 is 0 Å². The highest BCUT2D eigenvalue weighted by molar-refractivity contribution is 5.74. The van der Waals surface area contributed by atoms with Gasteiger partial charge in [0.2, 0.25) is 0 Å². The van der Waals surface area contributed by atoms with Crippen LogP contribution in [0.25, 0.3) is 0 Å². The Bertz CT molecular complexity index is 299. The number of nitrogens with one attached hydrogen (secondary N) is 1. The Morgan fingerprint density at radius 3 is 3.08 bits per heavy atom. The number of rotatable bonds is 2. The molecule has 1 aromatic carbocycles. The highest BCUT2D eigenvalue weighted by Crippen LogP contribution is 2.30. The third-order valence-corrected chi connectivity index (χ3v) is 2.19. The van der Waals surface area contributed by atoms with Crippen LogP contribution < -0.4 is 10.2 Å². The van der Waals surface area contributed by atoms with Crippen LogP contribution in [0.1, 0.15) is 6.92 Å². The van der Waals surface area contributed by atoms with E-state index in [9.17, 15) is 5.11 Å². The van der Waals surface area contributed by atoms with E-state index in [1.165, 1.54) is 5.69 Å². The van der Waals surface area contributed by atoms with Crippen molar-refractivity contribution < 1.29 is 5.11 Å². The summed E-state index contributed by atoms with van der Waals surface area (Å²) < 4.78 is 0. The van der Waals surface area contributed by atoms with Crippen molar-refractivity contribution in [3.05, 3.63) is 24.3 Å². The van der Waals surface area contributed by atoms with Gasteiger partial charge >= 0.3 is 0 Å². The van der Waals surface area contributed by atoms with E-state index in [2.05, 4.69) is 22.3 Å². The average Bonchev–Trinajstić information content (AvgIpc) is 2.48. The molecule has 0 radical (unpaired) electrons. The molecule has 1 heterocycles. The van der Waals surface area contributed by atoms with Crippen LogP contribution in [0.3, 0.4) is 0 Å². The molecule has 70 valence electrons. The van der Waals surface area contributed by atoms with Gasteiger partial charge in [0.15, 0.2) is 0 Å². The van der Waals surface area contributed by atoms with Gasteiger partial charge in [-0.2, -0.15) is 0 Å². The van der Waals surface area contributed by atoms with Crippen molar-refractivity contribution >= 4 is 11.4 Å². The number of nitrogens with zero attached hydrogens (tertiary/aromatic N) is 1. The zero-order chi connectivity index (χ0) is 9.26. The van der Waals surface area contributed by atoms with Gasteiger partial charge in [-0.1, -0.05) is 12.1 Å². The number of hydrogen-bond acceptors (Lipinski definition) is 3. The molecule has 1 aliphatic heterocycles. The number of hydrogen-bond donors (Lipinski definition) is 2. The lowest BCUT2D eigenvalue weighted by atomic mass is 10.2. The van der Waals surface area contributed by atoms with Gasteiger partial charge in [-0.25, -0.2) is 0 Å². The van der Waals surface area contributed by atoms with Crippen molar-refractivity contribution in [3.8, 4) is 0 Å². The lowest BCUT2D eigenvalue weighted by Crippen LogP contribution is -2.30. The summed E-state index contributed by atoms with van der Waals surface area (Å²) in [5, 5.41) is 12.5. The fraction of sp³-hybridized carbons (Fsp3) is 0.400. The SMILES string of the molecule is C[C@H](O)CN1CNc2ccccc21. The third kappa shape index (κ3) is 1.60. The molecular formula is C10H14N2O. The first-order valence-electron chi connectivity index (χ1n) is 4.53. The molecule has 1 aliphatic rings. The zero-order valence-corrected chi connectivity index (χ0v) is 7.70. The molecule has 0 amide bonds. The minimum absolute atomic E-state index is 0.284. The third-order valence-electron chi connectivity index (χ3n) is 2.19.